The smallest absolute Gasteiger partial charge is 0.218 e. The number of hydrogen-bond donors (Lipinski definition) is 1. The Kier molecular flexibility index (Phi) is 5.48. The molecule has 0 amide bonds. The van der Waals surface area contributed by atoms with Gasteiger partial charge in [0.25, 0.3) is 0 Å². The van der Waals surface area contributed by atoms with Crippen LogP contribution in [0.5, 0.6) is 0 Å². The van der Waals surface area contributed by atoms with E-state index in [0.29, 0.717) is 17.5 Å². The fourth-order valence-electron chi connectivity index (χ4n) is 1.57. The van der Waals surface area contributed by atoms with Crippen molar-refractivity contribution in [3.05, 3.63) is 35.4 Å². The van der Waals surface area contributed by atoms with E-state index in [1.54, 1.807) is 31.2 Å². The van der Waals surface area contributed by atoms with Gasteiger partial charge in [0.1, 0.15) is 0 Å². The van der Waals surface area contributed by atoms with Gasteiger partial charge in [-0.15, -0.1) is 0 Å². The molecule has 104 valence electrons. The highest BCUT2D eigenvalue weighted by molar-refractivity contribution is 7.88. The van der Waals surface area contributed by atoms with Gasteiger partial charge in [-0.05, 0) is 25.0 Å². The zero-order valence-corrected chi connectivity index (χ0v) is 11.9. The summed E-state index contributed by atoms with van der Waals surface area (Å²) in [4.78, 5) is 0. The minimum Gasteiger partial charge on any atom is -0.393 e. The van der Waals surface area contributed by atoms with Crippen LogP contribution in [0.4, 0.5) is 0 Å². The zero-order valence-electron chi connectivity index (χ0n) is 11.1. The fourth-order valence-corrected chi connectivity index (χ4v) is 2.82. The molecule has 0 bridgehead atoms. The molecule has 0 aromatic heterocycles. The number of benzene rings is 1. The predicted octanol–water partition coefficient (Wildman–Crippen LogP) is 1.09. The van der Waals surface area contributed by atoms with Gasteiger partial charge in [0, 0.05) is 13.6 Å². The standard InChI is InChI=1S/C13H18N2O3S/c1-11(16)7-8-15(2)19(17,18)10-13-6-4-3-5-12(13)9-14/h3-6,11,16H,7-8,10H2,1-2H3. The SMILES string of the molecule is CC(O)CCN(C)S(=O)(=O)Cc1ccccc1C#N. The molecule has 0 fully saturated rings. The normalized spacial score (nSPS) is 13.2. The number of hydrogen-bond acceptors (Lipinski definition) is 4. The maximum absolute atomic E-state index is 12.1. The van der Waals surface area contributed by atoms with E-state index in [-0.39, 0.29) is 12.3 Å². The Morgan fingerprint density at radius 2 is 2.05 bits per heavy atom. The minimum atomic E-state index is -3.47. The average molecular weight is 282 g/mol. The first-order valence-electron chi connectivity index (χ1n) is 5.97. The highest BCUT2D eigenvalue weighted by atomic mass is 32.2. The molecule has 0 saturated carbocycles. The van der Waals surface area contributed by atoms with Gasteiger partial charge in [0.05, 0.1) is 23.5 Å². The molecule has 0 saturated heterocycles. The Bertz CT molecular complexity index is 561. The van der Waals surface area contributed by atoms with Gasteiger partial charge in [-0.3, -0.25) is 0 Å². The first-order chi connectivity index (χ1) is 8.86. The van der Waals surface area contributed by atoms with Gasteiger partial charge in [-0.25, -0.2) is 12.7 Å². The van der Waals surface area contributed by atoms with Crippen LogP contribution >= 0.6 is 0 Å². The van der Waals surface area contributed by atoms with Crippen LogP contribution in [0.15, 0.2) is 24.3 Å². The molecule has 1 atom stereocenters. The van der Waals surface area contributed by atoms with Crippen molar-refractivity contribution in [2.45, 2.75) is 25.2 Å². The lowest BCUT2D eigenvalue weighted by atomic mass is 10.1. The second kappa shape index (κ2) is 6.66. The van der Waals surface area contributed by atoms with E-state index in [4.69, 9.17) is 5.26 Å². The maximum atomic E-state index is 12.1. The van der Waals surface area contributed by atoms with E-state index in [9.17, 15) is 13.5 Å². The second-order valence-corrected chi connectivity index (χ2v) is 6.56. The van der Waals surface area contributed by atoms with Gasteiger partial charge in [-0.1, -0.05) is 18.2 Å². The van der Waals surface area contributed by atoms with E-state index >= 15 is 0 Å². The molecule has 1 aromatic rings. The van der Waals surface area contributed by atoms with Gasteiger partial charge in [0.2, 0.25) is 10.0 Å². The quantitative estimate of drug-likeness (QED) is 0.847. The van der Waals surface area contributed by atoms with Crippen LogP contribution in [0, 0.1) is 11.3 Å². The molecular formula is C13H18N2O3S. The Hall–Kier alpha value is -1.42. The fraction of sp³-hybridized carbons (Fsp3) is 0.462. The van der Waals surface area contributed by atoms with Crippen molar-refractivity contribution >= 4 is 10.0 Å². The summed E-state index contributed by atoms with van der Waals surface area (Å²) in [7, 11) is -1.99. The first-order valence-corrected chi connectivity index (χ1v) is 7.58. The van der Waals surface area contributed by atoms with E-state index < -0.39 is 16.1 Å². The molecule has 6 heteroatoms. The van der Waals surface area contributed by atoms with Crippen LogP contribution in [0.1, 0.15) is 24.5 Å². The molecule has 0 radical (unpaired) electrons. The van der Waals surface area contributed by atoms with Crippen molar-refractivity contribution in [2.75, 3.05) is 13.6 Å². The number of aliphatic hydroxyl groups is 1. The summed E-state index contributed by atoms with van der Waals surface area (Å²) in [5, 5.41) is 18.1. The summed E-state index contributed by atoms with van der Waals surface area (Å²) in [5.41, 5.74) is 0.865. The van der Waals surface area contributed by atoms with Gasteiger partial charge in [-0.2, -0.15) is 5.26 Å². The highest BCUT2D eigenvalue weighted by Crippen LogP contribution is 2.14. The van der Waals surface area contributed by atoms with E-state index in [1.807, 2.05) is 6.07 Å². The number of rotatable bonds is 6. The predicted molar refractivity (Wildman–Crippen MR) is 72.7 cm³/mol. The third-order valence-electron chi connectivity index (χ3n) is 2.81. The van der Waals surface area contributed by atoms with Crippen LogP contribution in [0.3, 0.4) is 0 Å². The Morgan fingerprint density at radius 3 is 2.63 bits per heavy atom. The maximum Gasteiger partial charge on any atom is 0.218 e. The molecule has 1 aromatic carbocycles. The van der Waals surface area contributed by atoms with Crippen molar-refractivity contribution in [2.24, 2.45) is 0 Å². The Morgan fingerprint density at radius 1 is 1.42 bits per heavy atom. The summed E-state index contributed by atoms with van der Waals surface area (Å²) < 4.78 is 25.4. The van der Waals surface area contributed by atoms with Crippen molar-refractivity contribution in [1.29, 1.82) is 5.26 Å². The molecule has 19 heavy (non-hydrogen) atoms. The van der Waals surface area contributed by atoms with Gasteiger partial charge < -0.3 is 5.11 Å². The van der Waals surface area contributed by atoms with Crippen molar-refractivity contribution in [1.82, 2.24) is 4.31 Å². The van der Waals surface area contributed by atoms with Crippen LogP contribution in [-0.4, -0.2) is 37.5 Å². The lowest BCUT2D eigenvalue weighted by molar-refractivity contribution is 0.177. The van der Waals surface area contributed by atoms with Crippen LogP contribution < -0.4 is 0 Å². The Balaban J connectivity index is 2.82. The second-order valence-electron chi connectivity index (χ2n) is 4.48. The van der Waals surface area contributed by atoms with Gasteiger partial charge in [0.15, 0.2) is 0 Å². The lowest BCUT2D eigenvalue weighted by Crippen LogP contribution is -2.30. The van der Waals surface area contributed by atoms with Crippen molar-refractivity contribution in [3.63, 3.8) is 0 Å². The van der Waals surface area contributed by atoms with Crippen molar-refractivity contribution in [3.8, 4) is 6.07 Å². The summed E-state index contributed by atoms with van der Waals surface area (Å²) in [6.45, 7) is 1.88. The molecule has 0 heterocycles. The van der Waals surface area contributed by atoms with Crippen LogP contribution in [-0.2, 0) is 15.8 Å². The molecule has 0 aliphatic carbocycles. The largest absolute Gasteiger partial charge is 0.393 e. The van der Waals surface area contributed by atoms with Crippen molar-refractivity contribution < 1.29 is 13.5 Å². The topological polar surface area (TPSA) is 81.4 Å². The molecule has 0 aliphatic heterocycles. The number of aliphatic hydroxyl groups excluding tert-OH is 1. The van der Waals surface area contributed by atoms with Gasteiger partial charge >= 0.3 is 0 Å². The van der Waals surface area contributed by atoms with E-state index in [0.717, 1.165) is 0 Å². The molecule has 0 aliphatic rings. The Labute approximate surface area is 114 Å². The lowest BCUT2D eigenvalue weighted by Gasteiger charge is -2.18. The van der Waals surface area contributed by atoms with E-state index in [2.05, 4.69) is 0 Å². The summed E-state index contributed by atoms with van der Waals surface area (Å²) in [5.74, 6) is -0.201. The van der Waals surface area contributed by atoms with E-state index in [1.165, 1.54) is 11.4 Å². The zero-order chi connectivity index (χ0) is 14.5. The number of nitrogens with zero attached hydrogens (tertiary/aromatic N) is 2. The first kappa shape index (κ1) is 15.6. The minimum absolute atomic E-state index is 0.201. The van der Waals surface area contributed by atoms with Crippen LogP contribution in [0.25, 0.3) is 0 Å². The molecule has 1 N–H and O–H groups in total. The van der Waals surface area contributed by atoms with Crippen LogP contribution in [0.2, 0.25) is 0 Å². The number of sulfonamides is 1. The molecule has 0 spiro atoms. The average Bonchev–Trinajstić information content (AvgIpc) is 2.36. The molecule has 1 unspecified atom stereocenters. The highest BCUT2D eigenvalue weighted by Gasteiger charge is 2.20. The monoisotopic (exact) mass is 282 g/mol. The number of nitriles is 1. The summed E-state index contributed by atoms with van der Waals surface area (Å²) in [6.07, 6.45) is -0.153. The summed E-state index contributed by atoms with van der Waals surface area (Å²) >= 11 is 0. The third-order valence-corrected chi connectivity index (χ3v) is 4.62. The molecule has 1 rings (SSSR count). The molecule has 5 nitrogen and oxygen atoms in total. The summed E-state index contributed by atoms with van der Waals surface area (Å²) in [6, 6.07) is 8.63. The molecular weight excluding hydrogens is 264 g/mol. The third kappa shape index (κ3) is 4.63.